The number of urea groups is 1. The molecule has 4 amide bonds. The fourth-order valence-electron chi connectivity index (χ4n) is 4.87. The van der Waals surface area contributed by atoms with Gasteiger partial charge < -0.3 is 45.7 Å². The summed E-state index contributed by atoms with van der Waals surface area (Å²) in [6, 6.07) is -0.266. The number of aliphatic hydroxyl groups excluding tert-OH is 1. The van der Waals surface area contributed by atoms with Gasteiger partial charge in [-0.25, -0.2) is 4.79 Å². The van der Waals surface area contributed by atoms with Gasteiger partial charge in [-0.1, -0.05) is 90.9 Å². The zero-order chi connectivity index (χ0) is 39.5. The van der Waals surface area contributed by atoms with Crippen LogP contribution >= 0.6 is 0 Å². The maximum Gasteiger partial charge on any atom is 0.314 e. The lowest BCUT2D eigenvalue weighted by Crippen LogP contribution is -2.38. The highest BCUT2D eigenvalue weighted by molar-refractivity contribution is 5.81. The van der Waals surface area contributed by atoms with E-state index in [0.717, 1.165) is 52.1 Å². The molecule has 0 aliphatic heterocycles. The molecule has 6 N–H and O–H groups in total. The Bertz CT molecular complexity index is 862. The molecule has 0 radical (unpaired) electrons. The van der Waals surface area contributed by atoms with Crippen LogP contribution in [-0.2, 0) is 33.4 Å². The minimum Gasteiger partial charge on any atom is -0.481 e. The van der Waals surface area contributed by atoms with E-state index < -0.39 is 5.97 Å². The first-order valence-electron chi connectivity index (χ1n) is 19.4. The van der Waals surface area contributed by atoms with Crippen LogP contribution < -0.4 is 21.3 Å². The molecule has 0 aliphatic carbocycles. The number of carbonyl (C=O) groups excluding carboxylic acids is 5. The molecule has 0 bridgehead atoms. The summed E-state index contributed by atoms with van der Waals surface area (Å²) >= 11 is 0. The molecule has 0 aromatic rings. The van der Waals surface area contributed by atoms with Gasteiger partial charge in [0.25, 0.3) is 0 Å². The number of unbranched alkanes of at least 4 members (excludes halogenated alkanes) is 14. The fraction of sp³-hybridized carbons (Fsp3) is 0.842. The van der Waals surface area contributed by atoms with Gasteiger partial charge in [-0.05, 0) is 32.1 Å². The average Bonchev–Trinajstić information content (AvgIpc) is 3.13. The minimum atomic E-state index is -0.691. The maximum atomic E-state index is 12.0. The number of amides is 4. The van der Waals surface area contributed by atoms with Crippen LogP contribution in [0.1, 0.15) is 142 Å². The first-order chi connectivity index (χ1) is 25.2. The average molecular weight is 747 g/mol. The number of nitrogens with one attached hydrogen (secondary N) is 4. The van der Waals surface area contributed by atoms with E-state index in [1.165, 1.54) is 57.8 Å². The molecule has 0 atom stereocenters. The van der Waals surface area contributed by atoms with Crippen molar-refractivity contribution in [2.45, 2.75) is 142 Å². The monoisotopic (exact) mass is 747 g/mol. The number of hydrogen-bond acceptors (Lipinski definition) is 9. The summed E-state index contributed by atoms with van der Waals surface area (Å²) in [5, 5.41) is 26.9. The van der Waals surface area contributed by atoms with Gasteiger partial charge in [-0.15, -0.1) is 0 Å². The second-order valence-electron chi connectivity index (χ2n) is 12.8. The summed E-state index contributed by atoms with van der Waals surface area (Å²) in [6.45, 7) is 8.76. The number of ether oxygens (including phenoxy) is 2. The van der Waals surface area contributed by atoms with Gasteiger partial charge >= 0.3 is 12.0 Å². The van der Waals surface area contributed by atoms with Gasteiger partial charge in [0.15, 0.2) is 5.78 Å². The Hall–Kier alpha value is -3.10. The third-order valence-corrected chi connectivity index (χ3v) is 7.95. The molecule has 0 spiro atoms. The second-order valence-corrected chi connectivity index (χ2v) is 12.8. The molecule has 0 aromatic heterocycles. The normalized spacial score (nSPS) is 10.3. The van der Waals surface area contributed by atoms with E-state index in [2.05, 4.69) is 21.3 Å². The van der Waals surface area contributed by atoms with Gasteiger partial charge in [0.2, 0.25) is 11.8 Å². The first kappa shape index (κ1) is 53.3. The highest BCUT2D eigenvalue weighted by Gasteiger charge is 2.07. The number of carboxylic acid groups (broad SMARTS) is 1. The summed E-state index contributed by atoms with van der Waals surface area (Å²) in [5.41, 5.74) is 0. The van der Waals surface area contributed by atoms with Gasteiger partial charge in [-0.3, -0.25) is 19.2 Å². The van der Waals surface area contributed by atoms with Crippen molar-refractivity contribution in [2.75, 3.05) is 59.7 Å². The number of hydrogen-bond donors (Lipinski definition) is 6. The van der Waals surface area contributed by atoms with Crippen molar-refractivity contribution in [3.05, 3.63) is 0 Å². The van der Waals surface area contributed by atoms with Gasteiger partial charge in [0, 0.05) is 58.5 Å². The predicted molar refractivity (Wildman–Crippen MR) is 204 cm³/mol. The summed E-state index contributed by atoms with van der Waals surface area (Å²) in [7, 11) is 1.00. The van der Waals surface area contributed by atoms with Crippen LogP contribution in [0.5, 0.6) is 0 Å². The molecule has 0 unspecified atom stereocenters. The van der Waals surface area contributed by atoms with Crippen LogP contribution in [0, 0.1) is 5.92 Å². The lowest BCUT2D eigenvalue weighted by molar-refractivity contribution is -0.137. The second kappa shape index (κ2) is 44.1. The number of aliphatic carboxylic acids is 1. The van der Waals surface area contributed by atoms with Crippen LogP contribution in [0.4, 0.5) is 4.79 Å². The van der Waals surface area contributed by atoms with Crippen LogP contribution in [-0.4, -0.2) is 106 Å². The molecule has 14 heteroatoms. The van der Waals surface area contributed by atoms with E-state index in [0.29, 0.717) is 71.7 Å². The Morgan fingerprint density at radius 3 is 1.37 bits per heavy atom. The van der Waals surface area contributed by atoms with E-state index in [1.807, 2.05) is 20.6 Å². The van der Waals surface area contributed by atoms with Gasteiger partial charge in [-0.2, -0.15) is 0 Å². The molecule has 306 valence electrons. The van der Waals surface area contributed by atoms with Crippen molar-refractivity contribution in [3.63, 3.8) is 0 Å². The van der Waals surface area contributed by atoms with Crippen molar-refractivity contribution in [2.24, 2.45) is 5.92 Å². The Kier molecular flexibility index (Phi) is 45.1. The van der Waals surface area contributed by atoms with Crippen molar-refractivity contribution >= 4 is 36.4 Å². The number of rotatable bonds is 35. The van der Waals surface area contributed by atoms with E-state index in [1.54, 1.807) is 0 Å². The minimum absolute atomic E-state index is 0.0307. The molecular formula is C38H74N4O10. The lowest BCUT2D eigenvalue weighted by atomic mass is 10.0. The maximum absolute atomic E-state index is 12.0. The molecule has 0 aromatic carbocycles. The van der Waals surface area contributed by atoms with E-state index >= 15 is 0 Å². The van der Waals surface area contributed by atoms with Crippen LogP contribution in [0.15, 0.2) is 0 Å². The Morgan fingerprint density at radius 2 is 0.885 bits per heavy atom. The molecule has 0 aliphatic rings. The third kappa shape index (κ3) is 44.9. The number of carboxylic acids is 1. The summed E-state index contributed by atoms with van der Waals surface area (Å²) < 4.78 is 10.6. The predicted octanol–water partition coefficient (Wildman–Crippen LogP) is 5.09. The summed E-state index contributed by atoms with van der Waals surface area (Å²) in [5.74, 6) is -0.638. The van der Waals surface area contributed by atoms with E-state index in [9.17, 15) is 24.0 Å². The van der Waals surface area contributed by atoms with Crippen LogP contribution in [0.2, 0.25) is 0 Å². The standard InChI is InChI=1S/C36H68N4O8.CH4O.CH2O/c1-31(2)32(41)30-48-29-28-47-27-26-40-36(46)39-24-18-17-23-37-34(43)21-19-25-38-33(42)20-15-13-11-9-7-5-3-4-6-8-10-12-14-16-22-35(44)45;2*1-2/h31H,3-30H2,1-2H3,(H,37,43)(H,38,42)(H,44,45)(H2,39,40,46);2H,1H3;1H2. The topological polar surface area (TPSA) is 209 Å². The fourth-order valence-corrected chi connectivity index (χ4v) is 4.87. The highest BCUT2D eigenvalue weighted by Crippen LogP contribution is 2.13. The zero-order valence-electron chi connectivity index (χ0n) is 32.7. The molecule has 0 rings (SSSR count). The van der Waals surface area contributed by atoms with Gasteiger partial charge in [0.05, 0.1) is 19.8 Å². The molecule has 0 saturated carbocycles. The number of aliphatic hydroxyl groups is 1. The Morgan fingerprint density at radius 1 is 0.500 bits per heavy atom. The number of Topliss-reactive ketones (excluding diaryl/α,β-unsaturated/α-hetero) is 1. The summed E-state index contributed by atoms with van der Waals surface area (Å²) in [4.78, 5) is 65.8. The lowest BCUT2D eigenvalue weighted by Gasteiger charge is -2.09. The van der Waals surface area contributed by atoms with E-state index in [-0.39, 0.29) is 36.2 Å². The number of carbonyl (C=O) groups is 6. The Balaban J connectivity index is -0.00000578. The largest absolute Gasteiger partial charge is 0.481 e. The van der Waals surface area contributed by atoms with Crippen LogP contribution in [0.3, 0.4) is 0 Å². The zero-order valence-corrected chi connectivity index (χ0v) is 32.7. The molecule has 14 nitrogen and oxygen atoms in total. The highest BCUT2D eigenvalue weighted by atomic mass is 16.5. The molecule has 52 heavy (non-hydrogen) atoms. The van der Waals surface area contributed by atoms with E-state index in [4.69, 9.17) is 24.5 Å². The van der Waals surface area contributed by atoms with Crippen molar-refractivity contribution in [1.29, 1.82) is 0 Å². The van der Waals surface area contributed by atoms with Crippen molar-refractivity contribution in [3.8, 4) is 0 Å². The number of ketones is 1. The SMILES string of the molecule is C=O.CC(C)C(=O)COCCOCCNC(=O)NCCCCNC(=O)CCCNC(=O)CCCCCCCCCCCCCCCCC(=O)O.CO. The third-order valence-electron chi connectivity index (χ3n) is 7.95. The smallest absolute Gasteiger partial charge is 0.314 e. The molecular weight excluding hydrogens is 672 g/mol. The van der Waals surface area contributed by atoms with Crippen molar-refractivity contribution in [1.82, 2.24) is 21.3 Å². The molecule has 0 fully saturated rings. The molecule has 0 heterocycles. The van der Waals surface area contributed by atoms with Crippen LogP contribution in [0.25, 0.3) is 0 Å². The quantitative estimate of drug-likeness (QED) is 0.0474. The van der Waals surface area contributed by atoms with Crippen molar-refractivity contribution < 1.29 is 48.5 Å². The van der Waals surface area contributed by atoms with Gasteiger partial charge in [0.1, 0.15) is 13.4 Å². The Labute approximate surface area is 313 Å². The summed E-state index contributed by atoms with van der Waals surface area (Å²) in [6.07, 6.45) is 19.6. The first-order valence-corrected chi connectivity index (χ1v) is 19.4. The molecule has 0 saturated heterocycles.